The fourth-order valence-corrected chi connectivity index (χ4v) is 2.06. The van der Waals surface area contributed by atoms with Gasteiger partial charge in [-0.05, 0) is 23.8 Å². The first-order valence-electron chi connectivity index (χ1n) is 6.27. The molecule has 2 rings (SSSR count). The molecule has 0 saturated carbocycles. The first kappa shape index (κ1) is 15.2. The van der Waals surface area contributed by atoms with E-state index in [1.54, 1.807) is 24.3 Å². The van der Waals surface area contributed by atoms with Crippen molar-refractivity contribution in [3.63, 3.8) is 0 Å². The van der Waals surface area contributed by atoms with Gasteiger partial charge < -0.3 is 4.74 Å². The highest BCUT2D eigenvalue weighted by Gasteiger charge is 2.20. The number of ketones is 1. The Hall–Kier alpha value is -2.20. The molecule has 0 amide bonds. The Kier molecular flexibility index (Phi) is 5.06. The van der Waals surface area contributed by atoms with Crippen LogP contribution in [0.4, 0.5) is 0 Å². The smallest absolute Gasteiger partial charge is 0.341 e. The second-order valence-electron chi connectivity index (χ2n) is 4.30. The predicted octanol–water partition coefficient (Wildman–Crippen LogP) is 3.89. The number of hydrogen-bond donors (Lipinski definition) is 0. The van der Waals surface area contributed by atoms with Crippen molar-refractivity contribution in [3.8, 4) is 0 Å². The van der Waals surface area contributed by atoms with Crippen molar-refractivity contribution in [2.45, 2.75) is 0 Å². The summed E-state index contributed by atoms with van der Waals surface area (Å²) in [4.78, 5) is 24.3. The number of carbonyl (C=O) groups is 2. The molecule has 106 valence electrons. The lowest BCUT2D eigenvalue weighted by molar-refractivity contribution is -0.135. The number of methoxy groups -OCH3 is 1. The summed E-state index contributed by atoms with van der Waals surface area (Å²) in [6.45, 7) is 0. The van der Waals surface area contributed by atoms with Crippen molar-refractivity contribution in [1.29, 1.82) is 0 Å². The summed E-state index contributed by atoms with van der Waals surface area (Å²) in [5, 5.41) is 0. The van der Waals surface area contributed by atoms with Crippen molar-refractivity contribution >= 4 is 33.8 Å². The Morgan fingerprint density at radius 2 is 1.62 bits per heavy atom. The van der Waals surface area contributed by atoms with E-state index < -0.39 is 5.97 Å². The molecule has 0 unspecified atom stereocenters. The molecular weight excluding hydrogens is 332 g/mol. The van der Waals surface area contributed by atoms with E-state index in [0.29, 0.717) is 5.56 Å². The number of esters is 1. The number of halogens is 1. The SMILES string of the molecule is COC(=O)/C(=C\c1ccc(Br)cc1)C(=O)c1ccccc1. The molecule has 0 atom stereocenters. The molecule has 0 aliphatic rings. The second kappa shape index (κ2) is 6.99. The Bertz CT molecular complexity index is 673. The van der Waals surface area contributed by atoms with E-state index in [4.69, 9.17) is 4.74 Å². The Morgan fingerprint density at radius 1 is 1.00 bits per heavy atom. The summed E-state index contributed by atoms with van der Waals surface area (Å²) < 4.78 is 5.64. The standard InChI is InChI=1S/C17H13BrO3/c1-21-17(20)15(11-12-7-9-14(18)10-8-12)16(19)13-5-3-2-4-6-13/h2-11H,1H3/b15-11-. The maximum Gasteiger partial charge on any atom is 0.341 e. The van der Waals surface area contributed by atoms with Crippen LogP contribution < -0.4 is 0 Å². The summed E-state index contributed by atoms with van der Waals surface area (Å²) in [6, 6.07) is 16.0. The molecule has 0 aliphatic carbocycles. The van der Waals surface area contributed by atoms with E-state index in [0.717, 1.165) is 10.0 Å². The van der Waals surface area contributed by atoms with Crippen LogP contribution in [-0.2, 0) is 9.53 Å². The van der Waals surface area contributed by atoms with Crippen molar-refractivity contribution in [1.82, 2.24) is 0 Å². The molecule has 21 heavy (non-hydrogen) atoms. The van der Waals surface area contributed by atoms with Gasteiger partial charge in [0.05, 0.1) is 7.11 Å². The lowest BCUT2D eigenvalue weighted by atomic mass is 10.0. The third kappa shape index (κ3) is 3.89. The molecule has 0 heterocycles. The lowest BCUT2D eigenvalue weighted by Gasteiger charge is -2.05. The highest BCUT2D eigenvalue weighted by Crippen LogP contribution is 2.16. The number of ether oxygens (including phenoxy) is 1. The summed E-state index contributed by atoms with van der Waals surface area (Å²) in [7, 11) is 1.26. The maximum atomic E-state index is 12.4. The number of benzene rings is 2. The van der Waals surface area contributed by atoms with Gasteiger partial charge in [-0.25, -0.2) is 4.79 Å². The second-order valence-corrected chi connectivity index (χ2v) is 5.21. The van der Waals surface area contributed by atoms with Gasteiger partial charge in [0.25, 0.3) is 0 Å². The van der Waals surface area contributed by atoms with Gasteiger partial charge in [0, 0.05) is 10.0 Å². The zero-order chi connectivity index (χ0) is 15.2. The van der Waals surface area contributed by atoms with E-state index >= 15 is 0 Å². The minimum absolute atomic E-state index is 0.00558. The highest BCUT2D eigenvalue weighted by atomic mass is 79.9. The molecule has 0 saturated heterocycles. The molecule has 0 aliphatic heterocycles. The molecule has 0 aromatic heterocycles. The molecule has 4 heteroatoms. The van der Waals surface area contributed by atoms with Crippen LogP contribution in [0.25, 0.3) is 6.08 Å². The Labute approximate surface area is 131 Å². The van der Waals surface area contributed by atoms with Crippen LogP contribution in [0.3, 0.4) is 0 Å². The van der Waals surface area contributed by atoms with E-state index in [1.807, 2.05) is 30.3 Å². The molecule has 0 N–H and O–H groups in total. The van der Waals surface area contributed by atoms with Crippen LogP contribution in [0.2, 0.25) is 0 Å². The summed E-state index contributed by atoms with van der Waals surface area (Å²) in [5.74, 6) is -1.00. The van der Waals surface area contributed by atoms with Crippen LogP contribution in [0, 0.1) is 0 Å². The van der Waals surface area contributed by atoms with Crippen LogP contribution in [0.1, 0.15) is 15.9 Å². The third-order valence-corrected chi connectivity index (χ3v) is 3.40. The Morgan fingerprint density at radius 3 is 2.19 bits per heavy atom. The molecule has 2 aromatic carbocycles. The van der Waals surface area contributed by atoms with E-state index in [2.05, 4.69) is 15.9 Å². The minimum atomic E-state index is -0.647. The van der Waals surface area contributed by atoms with Gasteiger partial charge in [0.15, 0.2) is 5.78 Å². The van der Waals surface area contributed by atoms with Gasteiger partial charge in [-0.2, -0.15) is 0 Å². The summed E-state index contributed by atoms with van der Waals surface area (Å²) in [5.41, 5.74) is 1.21. The number of Topliss-reactive ketones (excluding diaryl/α,β-unsaturated/α-hetero) is 1. The van der Waals surface area contributed by atoms with E-state index in [-0.39, 0.29) is 11.4 Å². The largest absolute Gasteiger partial charge is 0.465 e. The lowest BCUT2D eigenvalue weighted by Crippen LogP contribution is -2.14. The van der Waals surface area contributed by atoms with Crippen molar-refractivity contribution in [2.24, 2.45) is 0 Å². The van der Waals surface area contributed by atoms with Gasteiger partial charge in [-0.1, -0.05) is 58.4 Å². The monoisotopic (exact) mass is 344 g/mol. The topological polar surface area (TPSA) is 43.4 Å². The molecule has 0 fully saturated rings. The van der Waals surface area contributed by atoms with Crippen LogP contribution in [0.15, 0.2) is 64.6 Å². The molecular formula is C17H13BrO3. The van der Waals surface area contributed by atoms with E-state index in [1.165, 1.54) is 13.2 Å². The van der Waals surface area contributed by atoms with Crippen molar-refractivity contribution < 1.29 is 14.3 Å². The molecule has 0 spiro atoms. The number of hydrogen-bond acceptors (Lipinski definition) is 3. The van der Waals surface area contributed by atoms with Gasteiger partial charge in [-0.3, -0.25) is 4.79 Å². The number of rotatable bonds is 4. The number of carbonyl (C=O) groups excluding carboxylic acids is 2. The highest BCUT2D eigenvalue weighted by molar-refractivity contribution is 9.10. The van der Waals surface area contributed by atoms with Gasteiger partial charge >= 0.3 is 5.97 Å². The quantitative estimate of drug-likeness (QED) is 0.278. The maximum absolute atomic E-state index is 12.4. The first-order valence-corrected chi connectivity index (χ1v) is 7.06. The molecule has 0 bridgehead atoms. The normalized spacial score (nSPS) is 11.0. The fourth-order valence-electron chi connectivity index (χ4n) is 1.80. The van der Waals surface area contributed by atoms with Crippen LogP contribution in [-0.4, -0.2) is 18.9 Å². The molecule has 0 radical (unpaired) electrons. The average molecular weight is 345 g/mol. The van der Waals surface area contributed by atoms with E-state index in [9.17, 15) is 9.59 Å². The van der Waals surface area contributed by atoms with Gasteiger partial charge in [-0.15, -0.1) is 0 Å². The third-order valence-electron chi connectivity index (χ3n) is 2.87. The van der Waals surface area contributed by atoms with Gasteiger partial charge in [0.1, 0.15) is 5.57 Å². The zero-order valence-corrected chi connectivity index (χ0v) is 13.0. The average Bonchev–Trinajstić information content (AvgIpc) is 2.54. The van der Waals surface area contributed by atoms with Gasteiger partial charge in [0.2, 0.25) is 0 Å². The Balaban J connectivity index is 2.41. The summed E-state index contributed by atoms with van der Waals surface area (Å²) >= 11 is 3.34. The van der Waals surface area contributed by atoms with Crippen LogP contribution in [0.5, 0.6) is 0 Å². The first-order chi connectivity index (χ1) is 10.1. The summed E-state index contributed by atoms with van der Waals surface area (Å²) in [6.07, 6.45) is 1.54. The minimum Gasteiger partial charge on any atom is -0.465 e. The van der Waals surface area contributed by atoms with Crippen molar-refractivity contribution in [2.75, 3.05) is 7.11 Å². The molecule has 2 aromatic rings. The fraction of sp³-hybridized carbons (Fsp3) is 0.0588. The van der Waals surface area contributed by atoms with Crippen molar-refractivity contribution in [3.05, 3.63) is 75.8 Å². The molecule has 3 nitrogen and oxygen atoms in total. The predicted molar refractivity (Wildman–Crippen MR) is 84.9 cm³/mol. The van der Waals surface area contributed by atoms with Crippen LogP contribution >= 0.6 is 15.9 Å². The zero-order valence-electron chi connectivity index (χ0n) is 11.4.